The first-order chi connectivity index (χ1) is 11.9. The number of esters is 2. The fourth-order valence-electron chi connectivity index (χ4n) is 1.71. The molecule has 0 rings (SSSR count). The number of carbonyl (C=O) groups is 3. The van der Waals surface area contributed by atoms with Gasteiger partial charge >= 0.3 is 11.9 Å². The lowest BCUT2D eigenvalue weighted by molar-refractivity contribution is -0.262. The minimum absolute atomic E-state index is 0.000316. The molecule has 0 aliphatic carbocycles. The molecule has 0 aliphatic heterocycles. The predicted octanol–water partition coefficient (Wildman–Crippen LogP) is 2.12. The van der Waals surface area contributed by atoms with Crippen LogP contribution in [0.4, 0.5) is 0 Å². The highest BCUT2D eigenvalue weighted by atomic mass is 16.7. The molecule has 0 saturated carbocycles. The summed E-state index contributed by atoms with van der Waals surface area (Å²) >= 11 is 0. The van der Waals surface area contributed by atoms with Crippen molar-refractivity contribution >= 4 is 17.7 Å². The van der Waals surface area contributed by atoms with Gasteiger partial charge in [0.1, 0.15) is 13.2 Å². The lowest BCUT2D eigenvalue weighted by Crippen LogP contribution is -2.42. The summed E-state index contributed by atoms with van der Waals surface area (Å²) in [6.45, 7) is 11.9. The summed E-state index contributed by atoms with van der Waals surface area (Å²) in [5, 5.41) is 0. The van der Waals surface area contributed by atoms with Crippen molar-refractivity contribution in [3.8, 4) is 0 Å². The second-order valence-electron chi connectivity index (χ2n) is 4.92. The van der Waals surface area contributed by atoms with Crippen molar-refractivity contribution < 1.29 is 33.3 Å². The highest BCUT2D eigenvalue weighted by Gasteiger charge is 2.32. The molecule has 0 amide bonds. The molecule has 0 aromatic carbocycles. The highest BCUT2D eigenvalue weighted by molar-refractivity contribution is 5.88. The molecule has 0 spiro atoms. The normalized spacial score (nSPS) is 12.5. The van der Waals surface area contributed by atoms with Gasteiger partial charge in [0.05, 0.1) is 13.2 Å². The molecule has 0 fully saturated rings. The number of allylic oxidation sites excluding steroid dienone is 1. The Kier molecular flexibility index (Phi) is 11.9. The molecule has 0 aromatic heterocycles. The molecule has 0 aromatic rings. The number of ether oxygens (including phenoxy) is 4. The zero-order chi connectivity index (χ0) is 19.1. The summed E-state index contributed by atoms with van der Waals surface area (Å²) in [4.78, 5) is 33.5. The van der Waals surface area contributed by atoms with Gasteiger partial charge in [0.25, 0.3) is 0 Å². The molecule has 140 valence electrons. The molecule has 0 bridgehead atoms. The van der Waals surface area contributed by atoms with Crippen LogP contribution >= 0.6 is 0 Å². The molecule has 0 saturated heterocycles. The van der Waals surface area contributed by atoms with E-state index in [2.05, 4.69) is 19.7 Å². The van der Waals surface area contributed by atoms with Crippen molar-refractivity contribution in [1.82, 2.24) is 0 Å². The summed E-state index contributed by atoms with van der Waals surface area (Å²) in [5.74, 6) is -2.45. The van der Waals surface area contributed by atoms with E-state index in [0.29, 0.717) is 19.3 Å². The van der Waals surface area contributed by atoms with Gasteiger partial charge in [0, 0.05) is 25.0 Å². The first kappa shape index (κ1) is 22.8. The van der Waals surface area contributed by atoms with E-state index in [1.54, 1.807) is 6.92 Å². The number of hydrogen-bond donors (Lipinski definition) is 0. The fraction of sp³-hybridized carbons (Fsp3) is 0.500. The van der Waals surface area contributed by atoms with E-state index in [1.165, 1.54) is 6.08 Å². The van der Waals surface area contributed by atoms with Gasteiger partial charge in [0.15, 0.2) is 5.78 Å². The Morgan fingerprint density at radius 2 is 1.48 bits per heavy atom. The van der Waals surface area contributed by atoms with Crippen molar-refractivity contribution in [2.75, 3.05) is 26.4 Å². The minimum atomic E-state index is -1.20. The zero-order valence-electron chi connectivity index (χ0n) is 14.7. The van der Waals surface area contributed by atoms with Crippen LogP contribution in [-0.2, 0) is 33.3 Å². The Labute approximate surface area is 148 Å². The largest absolute Gasteiger partial charge is 0.460 e. The lowest BCUT2D eigenvalue weighted by Gasteiger charge is -2.32. The molecule has 25 heavy (non-hydrogen) atoms. The summed E-state index contributed by atoms with van der Waals surface area (Å²) in [6, 6.07) is 0. The fourth-order valence-corrected chi connectivity index (χ4v) is 1.71. The average molecular weight is 354 g/mol. The quantitative estimate of drug-likeness (QED) is 0.193. The third kappa shape index (κ3) is 10.3. The standard InChI is InChI=1S/C18H26O7/c1-5-15(19)10-9-11-24-18(8-4,14-23-17(21)7-3)25-13-12-22-16(20)6-2/h5-7H,1-3,8-14H2,4H3. The second kappa shape index (κ2) is 13.1. The molecule has 1 atom stereocenters. The smallest absolute Gasteiger partial charge is 0.330 e. The van der Waals surface area contributed by atoms with Gasteiger partial charge in [-0.1, -0.05) is 26.7 Å². The second-order valence-corrected chi connectivity index (χ2v) is 4.92. The topological polar surface area (TPSA) is 88.1 Å². The Hall–Kier alpha value is -2.25. The maximum absolute atomic E-state index is 11.3. The number of ketones is 1. The molecular formula is C18H26O7. The van der Waals surface area contributed by atoms with E-state index < -0.39 is 17.7 Å². The number of hydrogen-bond acceptors (Lipinski definition) is 7. The summed E-state index contributed by atoms with van der Waals surface area (Å²) in [5.41, 5.74) is 0. The van der Waals surface area contributed by atoms with Crippen LogP contribution in [0.5, 0.6) is 0 Å². The third-order valence-corrected chi connectivity index (χ3v) is 3.16. The maximum atomic E-state index is 11.3. The van der Waals surface area contributed by atoms with Crippen LogP contribution < -0.4 is 0 Å². The number of rotatable bonds is 15. The summed E-state index contributed by atoms with van der Waals surface area (Å²) < 4.78 is 21.2. The van der Waals surface area contributed by atoms with Gasteiger partial charge < -0.3 is 18.9 Å². The molecule has 0 aliphatic rings. The van der Waals surface area contributed by atoms with Crippen LogP contribution in [0.15, 0.2) is 38.0 Å². The van der Waals surface area contributed by atoms with E-state index in [9.17, 15) is 14.4 Å². The summed E-state index contributed by atoms with van der Waals surface area (Å²) in [6.07, 6.45) is 4.48. The monoisotopic (exact) mass is 354 g/mol. The molecule has 0 heterocycles. The van der Waals surface area contributed by atoms with Crippen molar-refractivity contribution in [3.63, 3.8) is 0 Å². The minimum Gasteiger partial charge on any atom is -0.460 e. The first-order valence-electron chi connectivity index (χ1n) is 7.94. The van der Waals surface area contributed by atoms with Gasteiger partial charge in [-0.3, -0.25) is 4.79 Å². The van der Waals surface area contributed by atoms with Gasteiger partial charge in [0.2, 0.25) is 5.79 Å². The molecule has 0 N–H and O–H groups in total. The third-order valence-electron chi connectivity index (χ3n) is 3.16. The van der Waals surface area contributed by atoms with Gasteiger partial charge in [-0.2, -0.15) is 0 Å². The van der Waals surface area contributed by atoms with Crippen LogP contribution in [-0.4, -0.2) is 49.9 Å². The van der Waals surface area contributed by atoms with Crippen molar-refractivity contribution in [2.24, 2.45) is 0 Å². The van der Waals surface area contributed by atoms with E-state index in [1.807, 2.05) is 0 Å². The van der Waals surface area contributed by atoms with Crippen LogP contribution in [0.3, 0.4) is 0 Å². The van der Waals surface area contributed by atoms with Crippen LogP contribution in [0.1, 0.15) is 26.2 Å². The molecule has 0 radical (unpaired) electrons. The van der Waals surface area contributed by atoms with E-state index in [4.69, 9.17) is 18.9 Å². The van der Waals surface area contributed by atoms with Crippen molar-refractivity contribution in [2.45, 2.75) is 32.0 Å². The van der Waals surface area contributed by atoms with Gasteiger partial charge in [-0.25, -0.2) is 9.59 Å². The Balaban J connectivity index is 4.62. The summed E-state index contributed by atoms with van der Waals surface area (Å²) in [7, 11) is 0. The zero-order valence-corrected chi connectivity index (χ0v) is 14.7. The van der Waals surface area contributed by atoms with Crippen LogP contribution in [0.25, 0.3) is 0 Å². The van der Waals surface area contributed by atoms with Crippen molar-refractivity contribution in [1.29, 1.82) is 0 Å². The van der Waals surface area contributed by atoms with E-state index in [0.717, 1.165) is 12.2 Å². The highest BCUT2D eigenvalue weighted by Crippen LogP contribution is 2.20. The predicted molar refractivity (Wildman–Crippen MR) is 91.7 cm³/mol. The molecule has 7 heteroatoms. The Morgan fingerprint density at radius 3 is 2.04 bits per heavy atom. The average Bonchev–Trinajstić information content (AvgIpc) is 2.64. The van der Waals surface area contributed by atoms with Crippen LogP contribution in [0, 0.1) is 0 Å². The SMILES string of the molecule is C=CC(=O)CCCOC(CC)(COC(=O)C=C)OCCOC(=O)C=C. The van der Waals surface area contributed by atoms with Gasteiger partial charge in [-0.15, -0.1) is 0 Å². The molecular weight excluding hydrogens is 328 g/mol. The maximum Gasteiger partial charge on any atom is 0.330 e. The Morgan fingerprint density at radius 1 is 0.880 bits per heavy atom. The van der Waals surface area contributed by atoms with Crippen molar-refractivity contribution in [3.05, 3.63) is 38.0 Å². The van der Waals surface area contributed by atoms with Gasteiger partial charge in [-0.05, 0) is 12.5 Å². The molecule has 7 nitrogen and oxygen atoms in total. The Bertz CT molecular complexity index is 454. The first-order valence-corrected chi connectivity index (χ1v) is 7.94. The number of carbonyl (C=O) groups excluding carboxylic acids is 3. The molecule has 1 unspecified atom stereocenters. The van der Waals surface area contributed by atoms with E-state index >= 15 is 0 Å². The van der Waals surface area contributed by atoms with E-state index in [-0.39, 0.29) is 32.2 Å². The lowest BCUT2D eigenvalue weighted by atomic mass is 10.2. The van der Waals surface area contributed by atoms with Crippen LogP contribution in [0.2, 0.25) is 0 Å².